The van der Waals surface area contributed by atoms with E-state index in [1.165, 1.54) is 0 Å². The molecule has 2 aliphatic rings. The molecule has 1 aromatic carbocycles. The van der Waals surface area contributed by atoms with Crippen LogP contribution in [0.15, 0.2) is 24.3 Å². The molecule has 1 aromatic rings. The average molecular weight is 313 g/mol. The van der Waals surface area contributed by atoms with Crippen LogP contribution in [0.5, 0.6) is 5.75 Å². The van der Waals surface area contributed by atoms with E-state index >= 15 is 0 Å². The summed E-state index contributed by atoms with van der Waals surface area (Å²) in [6.07, 6.45) is 0.895. The van der Waals surface area contributed by atoms with E-state index in [-0.39, 0.29) is 17.8 Å². The van der Waals surface area contributed by atoms with Crippen LogP contribution in [-0.4, -0.2) is 49.5 Å². The summed E-state index contributed by atoms with van der Waals surface area (Å²) in [6.45, 7) is 1.31. The Kier molecular flexibility index (Phi) is 4.61. The van der Waals surface area contributed by atoms with Gasteiger partial charge in [-0.05, 0) is 24.1 Å². The van der Waals surface area contributed by atoms with Crippen LogP contribution >= 0.6 is 0 Å². The maximum absolute atomic E-state index is 12.1. The number of aliphatic hydroxyl groups excluding tert-OH is 1. The van der Waals surface area contributed by atoms with Gasteiger partial charge in [-0.3, -0.25) is 4.90 Å². The van der Waals surface area contributed by atoms with Gasteiger partial charge in [-0.15, -0.1) is 0 Å². The highest BCUT2D eigenvalue weighted by molar-refractivity contribution is 5.27. The van der Waals surface area contributed by atoms with Gasteiger partial charge in [-0.25, -0.2) is 0 Å². The number of rotatable bonds is 5. The van der Waals surface area contributed by atoms with Crippen LogP contribution in [0, 0.1) is 11.3 Å². The van der Waals surface area contributed by atoms with Crippen LogP contribution in [0.4, 0.5) is 8.78 Å². The molecule has 0 amide bonds. The van der Waals surface area contributed by atoms with Gasteiger partial charge in [0.25, 0.3) is 0 Å². The Morgan fingerprint density at radius 2 is 2.14 bits per heavy atom. The first-order valence-electron chi connectivity index (χ1n) is 7.56. The quantitative estimate of drug-likeness (QED) is 0.904. The van der Waals surface area contributed by atoms with Crippen LogP contribution in [0.1, 0.15) is 12.0 Å². The average Bonchev–Trinajstić information content (AvgIpc) is 2.87. The van der Waals surface area contributed by atoms with Gasteiger partial charge < -0.3 is 14.6 Å². The molecule has 0 bridgehead atoms. The predicted molar refractivity (Wildman–Crippen MR) is 76.8 cm³/mol. The fourth-order valence-corrected chi connectivity index (χ4v) is 3.57. The van der Waals surface area contributed by atoms with E-state index in [1.54, 1.807) is 12.1 Å². The number of likely N-dealkylation sites (tertiary alicyclic amines) is 1. The van der Waals surface area contributed by atoms with Crippen molar-refractivity contribution in [2.45, 2.75) is 19.6 Å². The largest absolute Gasteiger partial charge is 0.435 e. The van der Waals surface area contributed by atoms with Crippen molar-refractivity contribution >= 4 is 0 Å². The zero-order chi connectivity index (χ0) is 15.6. The van der Waals surface area contributed by atoms with E-state index in [2.05, 4.69) is 9.64 Å². The summed E-state index contributed by atoms with van der Waals surface area (Å²) in [5.74, 6) is 0.543. The molecule has 2 fully saturated rings. The summed E-state index contributed by atoms with van der Waals surface area (Å²) < 4.78 is 34.2. The van der Waals surface area contributed by atoms with Crippen molar-refractivity contribution in [3.05, 3.63) is 29.8 Å². The monoisotopic (exact) mass is 313 g/mol. The van der Waals surface area contributed by atoms with E-state index in [0.29, 0.717) is 19.1 Å². The minimum Gasteiger partial charge on any atom is -0.435 e. The molecule has 122 valence electrons. The number of alkyl halides is 2. The van der Waals surface area contributed by atoms with Crippen molar-refractivity contribution < 1.29 is 23.4 Å². The molecule has 2 aliphatic heterocycles. The molecule has 0 saturated carbocycles. The Hall–Kier alpha value is -1.24. The van der Waals surface area contributed by atoms with Crippen molar-refractivity contribution in [1.29, 1.82) is 0 Å². The van der Waals surface area contributed by atoms with E-state index < -0.39 is 6.61 Å². The number of halogens is 2. The van der Waals surface area contributed by atoms with Gasteiger partial charge in [0.2, 0.25) is 0 Å². The smallest absolute Gasteiger partial charge is 0.387 e. The number of benzene rings is 1. The number of nitrogens with zero attached hydrogens (tertiary/aromatic N) is 1. The maximum Gasteiger partial charge on any atom is 0.387 e. The van der Waals surface area contributed by atoms with Crippen LogP contribution in [0.25, 0.3) is 0 Å². The fourth-order valence-electron chi connectivity index (χ4n) is 3.57. The number of aliphatic hydroxyl groups is 1. The van der Waals surface area contributed by atoms with E-state index in [0.717, 1.165) is 31.6 Å². The Labute approximate surface area is 128 Å². The molecule has 2 heterocycles. The molecule has 0 radical (unpaired) electrons. The number of ether oxygens (including phenoxy) is 2. The van der Waals surface area contributed by atoms with Crippen LogP contribution in [0.3, 0.4) is 0 Å². The fraction of sp³-hybridized carbons (Fsp3) is 0.625. The highest BCUT2D eigenvalue weighted by atomic mass is 19.3. The van der Waals surface area contributed by atoms with Gasteiger partial charge >= 0.3 is 6.61 Å². The van der Waals surface area contributed by atoms with Gasteiger partial charge in [0.1, 0.15) is 5.75 Å². The van der Waals surface area contributed by atoms with E-state index in [9.17, 15) is 13.9 Å². The van der Waals surface area contributed by atoms with Gasteiger partial charge in [0.05, 0.1) is 13.2 Å². The van der Waals surface area contributed by atoms with Crippen molar-refractivity contribution in [3.8, 4) is 5.75 Å². The first kappa shape index (κ1) is 15.6. The number of hydrogen-bond donors (Lipinski definition) is 1. The lowest BCUT2D eigenvalue weighted by Gasteiger charge is -2.36. The van der Waals surface area contributed by atoms with Crippen molar-refractivity contribution in [1.82, 2.24) is 4.90 Å². The maximum atomic E-state index is 12.1. The lowest BCUT2D eigenvalue weighted by Crippen LogP contribution is -2.41. The highest BCUT2D eigenvalue weighted by Crippen LogP contribution is 2.42. The van der Waals surface area contributed by atoms with Crippen molar-refractivity contribution in [2.75, 3.05) is 32.9 Å². The molecule has 0 aromatic heterocycles. The summed E-state index contributed by atoms with van der Waals surface area (Å²) in [5, 5.41) is 9.79. The van der Waals surface area contributed by atoms with Crippen LogP contribution in [-0.2, 0) is 11.3 Å². The molecule has 0 spiro atoms. The van der Waals surface area contributed by atoms with Gasteiger partial charge in [-0.2, -0.15) is 8.78 Å². The molecular formula is C16H21F2NO3. The zero-order valence-corrected chi connectivity index (χ0v) is 12.4. The van der Waals surface area contributed by atoms with Crippen molar-refractivity contribution in [3.63, 3.8) is 0 Å². The van der Waals surface area contributed by atoms with E-state index in [4.69, 9.17) is 4.74 Å². The van der Waals surface area contributed by atoms with Crippen LogP contribution in [0.2, 0.25) is 0 Å². The second kappa shape index (κ2) is 6.48. The zero-order valence-electron chi connectivity index (χ0n) is 12.4. The first-order chi connectivity index (χ1) is 10.6. The number of hydrogen-bond acceptors (Lipinski definition) is 4. The van der Waals surface area contributed by atoms with E-state index in [1.807, 2.05) is 12.1 Å². The Balaban J connectivity index is 1.62. The molecular weight excluding hydrogens is 292 g/mol. The summed E-state index contributed by atoms with van der Waals surface area (Å²) in [4.78, 5) is 2.30. The lowest BCUT2D eigenvalue weighted by atomic mass is 9.75. The lowest BCUT2D eigenvalue weighted by molar-refractivity contribution is -0.0498. The standard InChI is InChI=1S/C16H21F2NO3/c17-15(18)22-14-3-1-12(2-4-14)7-19-8-13-9-21-6-5-16(13,10-19)11-20/h1-4,13,15,20H,5-11H2/t13-,16-/m1/s1. The summed E-state index contributed by atoms with van der Waals surface area (Å²) in [7, 11) is 0. The molecule has 2 saturated heterocycles. The molecule has 3 rings (SSSR count). The normalized spacial score (nSPS) is 28.8. The van der Waals surface area contributed by atoms with Crippen molar-refractivity contribution in [2.24, 2.45) is 11.3 Å². The second-order valence-electron chi connectivity index (χ2n) is 6.23. The molecule has 2 atom stereocenters. The molecule has 4 nitrogen and oxygen atoms in total. The van der Waals surface area contributed by atoms with Gasteiger partial charge in [0.15, 0.2) is 0 Å². The Bertz CT molecular complexity index is 497. The molecule has 0 unspecified atom stereocenters. The minimum atomic E-state index is -2.79. The summed E-state index contributed by atoms with van der Waals surface area (Å²) >= 11 is 0. The minimum absolute atomic E-state index is 0.0447. The first-order valence-corrected chi connectivity index (χ1v) is 7.56. The van der Waals surface area contributed by atoms with Gasteiger partial charge in [0, 0.05) is 37.6 Å². The predicted octanol–water partition coefficient (Wildman–Crippen LogP) is 2.12. The molecule has 1 N–H and O–H groups in total. The Morgan fingerprint density at radius 3 is 2.77 bits per heavy atom. The molecule has 0 aliphatic carbocycles. The summed E-state index contributed by atoms with van der Waals surface area (Å²) in [6, 6.07) is 6.74. The highest BCUT2D eigenvalue weighted by Gasteiger charge is 2.47. The van der Waals surface area contributed by atoms with Crippen LogP contribution < -0.4 is 4.74 Å². The third-order valence-electron chi connectivity index (χ3n) is 4.82. The number of fused-ring (bicyclic) bond motifs is 1. The third-order valence-corrected chi connectivity index (χ3v) is 4.82. The summed E-state index contributed by atoms with van der Waals surface area (Å²) in [5.41, 5.74) is 1.01. The third kappa shape index (κ3) is 3.24. The Morgan fingerprint density at radius 1 is 1.36 bits per heavy atom. The molecule has 6 heteroatoms. The SMILES string of the molecule is OC[C@]12CCOC[C@H]1CN(Cc1ccc(OC(F)F)cc1)C2. The topological polar surface area (TPSA) is 41.9 Å². The molecule has 22 heavy (non-hydrogen) atoms. The van der Waals surface area contributed by atoms with Gasteiger partial charge in [-0.1, -0.05) is 12.1 Å². The second-order valence-corrected chi connectivity index (χ2v) is 6.23.